The predicted octanol–water partition coefficient (Wildman–Crippen LogP) is 5.65. The maximum atomic E-state index is 3.53. The standard InChI is InChI=1S/C20H27NS/c1-3-4-8-17(2)21-22-20-15-13-19(14-16-20)12-11-18-9-6-5-7-10-18/h5-7,9-10,13-17,21H,3-4,8,11-12H2,1-2H3. The molecule has 2 heteroatoms. The molecule has 0 saturated carbocycles. The second-order valence-electron chi connectivity index (χ2n) is 5.89. The second kappa shape index (κ2) is 9.70. The molecule has 0 aliphatic carbocycles. The topological polar surface area (TPSA) is 12.0 Å². The molecule has 0 saturated heterocycles. The Balaban J connectivity index is 1.75. The van der Waals surface area contributed by atoms with Crippen LogP contribution in [0.5, 0.6) is 0 Å². The molecule has 2 rings (SSSR count). The number of hydrogen-bond acceptors (Lipinski definition) is 2. The van der Waals surface area contributed by atoms with Crippen molar-refractivity contribution in [1.82, 2.24) is 4.72 Å². The molecule has 1 unspecified atom stereocenters. The average molecular weight is 314 g/mol. The van der Waals surface area contributed by atoms with E-state index in [4.69, 9.17) is 0 Å². The predicted molar refractivity (Wildman–Crippen MR) is 98.3 cm³/mol. The highest BCUT2D eigenvalue weighted by molar-refractivity contribution is 7.97. The smallest absolute Gasteiger partial charge is 0.0228 e. The highest BCUT2D eigenvalue weighted by Gasteiger charge is 2.02. The first-order valence-corrected chi connectivity index (χ1v) is 9.15. The van der Waals surface area contributed by atoms with E-state index in [0.717, 1.165) is 12.8 Å². The van der Waals surface area contributed by atoms with E-state index >= 15 is 0 Å². The van der Waals surface area contributed by atoms with Gasteiger partial charge in [0.15, 0.2) is 0 Å². The summed E-state index contributed by atoms with van der Waals surface area (Å²) in [5, 5.41) is 0. The maximum absolute atomic E-state index is 3.53. The highest BCUT2D eigenvalue weighted by Crippen LogP contribution is 2.18. The Labute approximate surface area is 139 Å². The summed E-state index contributed by atoms with van der Waals surface area (Å²) >= 11 is 1.75. The van der Waals surface area contributed by atoms with Crippen molar-refractivity contribution < 1.29 is 0 Å². The van der Waals surface area contributed by atoms with Crippen LogP contribution >= 0.6 is 11.9 Å². The van der Waals surface area contributed by atoms with E-state index in [2.05, 4.69) is 73.2 Å². The lowest BCUT2D eigenvalue weighted by Crippen LogP contribution is -2.18. The number of rotatable bonds is 9. The highest BCUT2D eigenvalue weighted by atomic mass is 32.2. The van der Waals surface area contributed by atoms with E-state index in [9.17, 15) is 0 Å². The van der Waals surface area contributed by atoms with E-state index in [-0.39, 0.29) is 0 Å². The molecule has 1 nitrogen and oxygen atoms in total. The first-order chi connectivity index (χ1) is 10.8. The molecule has 0 radical (unpaired) electrons. The van der Waals surface area contributed by atoms with E-state index in [1.807, 2.05) is 0 Å². The van der Waals surface area contributed by atoms with Gasteiger partial charge in [0, 0.05) is 10.9 Å². The number of hydrogen-bond donors (Lipinski definition) is 1. The Morgan fingerprint density at radius 3 is 2.18 bits per heavy atom. The van der Waals surface area contributed by atoms with Crippen molar-refractivity contribution in [3.8, 4) is 0 Å². The van der Waals surface area contributed by atoms with Gasteiger partial charge < -0.3 is 0 Å². The van der Waals surface area contributed by atoms with Crippen LogP contribution in [-0.4, -0.2) is 6.04 Å². The second-order valence-corrected chi connectivity index (χ2v) is 6.80. The Morgan fingerprint density at radius 1 is 0.909 bits per heavy atom. The minimum atomic E-state index is 0.572. The van der Waals surface area contributed by atoms with Gasteiger partial charge in [-0.15, -0.1) is 0 Å². The minimum absolute atomic E-state index is 0.572. The molecular weight excluding hydrogens is 286 g/mol. The molecule has 0 aromatic heterocycles. The fourth-order valence-corrected chi connectivity index (χ4v) is 3.12. The zero-order valence-corrected chi connectivity index (χ0v) is 14.5. The summed E-state index contributed by atoms with van der Waals surface area (Å²) in [5.74, 6) is 0. The molecule has 0 spiro atoms. The van der Waals surface area contributed by atoms with E-state index in [1.54, 1.807) is 11.9 Å². The summed E-state index contributed by atoms with van der Waals surface area (Å²) < 4.78 is 3.53. The zero-order chi connectivity index (χ0) is 15.6. The van der Waals surface area contributed by atoms with Crippen molar-refractivity contribution in [1.29, 1.82) is 0 Å². The lowest BCUT2D eigenvalue weighted by atomic mass is 10.0. The Bertz CT molecular complexity index is 521. The summed E-state index contributed by atoms with van der Waals surface area (Å²) in [6.45, 7) is 4.50. The van der Waals surface area contributed by atoms with Crippen LogP contribution in [0.2, 0.25) is 0 Å². The van der Waals surface area contributed by atoms with Crippen LogP contribution in [-0.2, 0) is 12.8 Å². The lowest BCUT2D eigenvalue weighted by molar-refractivity contribution is 0.587. The zero-order valence-electron chi connectivity index (χ0n) is 13.7. The van der Waals surface area contributed by atoms with Gasteiger partial charge in [-0.25, -0.2) is 0 Å². The van der Waals surface area contributed by atoms with Gasteiger partial charge in [0.25, 0.3) is 0 Å². The monoisotopic (exact) mass is 313 g/mol. The summed E-state index contributed by atoms with van der Waals surface area (Å²) in [6, 6.07) is 20.2. The van der Waals surface area contributed by atoms with Crippen LogP contribution in [0.1, 0.15) is 44.2 Å². The Morgan fingerprint density at radius 2 is 1.55 bits per heavy atom. The minimum Gasteiger partial charge on any atom is -0.257 e. The average Bonchev–Trinajstić information content (AvgIpc) is 2.58. The van der Waals surface area contributed by atoms with Gasteiger partial charge in [-0.2, -0.15) is 0 Å². The van der Waals surface area contributed by atoms with Crippen molar-refractivity contribution in [2.75, 3.05) is 0 Å². The fraction of sp³-hybridized carbons (Fsp3) is 0.400. The van der Waals surface area contributed by atoms with Gasteiger partial charge >= 0.3 is 0 Å². The normalized spacial score (nSPS) is 12.3. The number of aryl methyl sites for hydroxylation is 2. The third kappa shape index (κ3) is 6.25. The van der Waals surface area contributed by atoms with Crippen LogP contribution in [0, 0.1) is 0 Å². The summed E-state index contributed by atoms with van der Waals surface area (Å²) in [7, 11) is 0. The van der Waals surface area contributed by atoms with E-state index in [1.165, 1.54) is 35.3 Å². The molecule has 0 bridgehead atoms. The SMILES string of the molecule is CCCCC(C)NSc1ccc(CCc2ccccc2)cc1. The lowest BCUT2D eigenvalue weighted by Gasteiger charge is -2.12. The van der Waals surface area contributed by atoms with Gasteiger partial charge in [-0.3, -0.25) is 4.72 Å². The number of nitrogens with one attached hydrogen (secondary N) is 1. The molecular formula is C20H27NS. The van der Waals surface area contributed by atoms with Crippen molar-refractivity contribution in [3.05, 3.63) is 65.7 Å². The number of unbranched alkanes of at least 4 members (excludes halogenated alkanes) is 1. The largest absolute Gasteiger partial charge is 0.257 e. The first-order valence-electron chi connectivity index (χ1n) is 8.33. The first kappa shape index (κ1) is 17.1. The molecule has 0 heterocycles. The van der Waals surface area contributed by atoms with Crippen LogP contribution in [0.25, 0.3) is 0 Å². The quantitative estimate of drug-likeness (QED) is 0.601. The Hall–Kier alpha value is -1.25. The summed E-state index contributed by atoms with van der Waals surface area (Å²) in [4.78, 5) is 1.30. The van der Waals surface area contributed by atoms with Gasteiger partial charge in [0.1, 0.15) is 0 Å². The van der Waals surface area contributed by atoms with Gasteiger partial charge in [0.2, 0.25) is 0 Å². The molecule has 1 N–H and O–H groups in total. The molecule has 118 valence electrons. The molecule has 0 aliphatic rings. The Kier molecular flexibility index (Phi) is 7.55. The van der Waals surface area contributed by atoms with Gasteiger partial charge in [-0.1, -0.05) is 62.2 Å². The van der Waals surface area contributed by atoms with Crippen molar-refractivity contribution in [3.63, 3.8) is 0 Å². The third-order valence-corrected chi connectivity index (χ3v) is 4.87. The summed E-state index contributed by atoms with van der Waals surface area (Å²) in [5.41, 5.74) is 2.82. The number of benzene rings is 2. The molecule has 2 aromatic rings. The molecule has 22 heavy (non-hydrogen) atoms. The fourth-order valence-electron chi connectivity index (χ4n) is 2.40. The van der Waals surface area contributed by atoms with Crippen LogP contribution < -0.4 is 4.72 Å². The van der Waals surface area contributed by atoms with Gasteiger partial charge in [-0.05, 0) is 61.4 Å². The summed E-state index contributed by atoms with van der Waals surface area (Å²) in [6.07, 6.45) is 6.04. The maximum Gasteiger partial charge on any atom is 0.0228 e. The van der Waals surface area contributed by atoms with E-state index in [0.29, 0.717) is 6.04 Å². The van der Waals surface area contributed by atoms with Crippen molar-refractivity contribution in [2.45, 2.75) is 56.9 Å². The van der Waals surface area contributed by atoms with Crippen molar-refractivity contribution >= 4 is 11.9 Å². The molecule has 0 fully saturated rings. The van der Waals surface area contributed by atoms with E-state index < -0.39 is 0 Å². The molecule has 1 atom stereocenters. The third-order valence-electron chi connectivity index (χ3n) is 3.84. The van der Waals surface area contributed by atoms with Gasteiger partial charge in [0.05, 0.1) is 0 Å². The van der Waals surface area contributed by atoms with Crippen LogP contribution in [0.15, 0.2) is 59.5 Å². The van der Waals surface area contributed by atoms with Crippen molar-refractivity contribution in [2.24, 2.45) is 0 Å². The molecule has 0 amide bonds. The van der Waals surface area contributed by atoms with Crippen LogP contribution in [0.4, 0.5) is 0 Å². The van der Waals surface area contributed by atoms with Crippen LogP contribution in [0.3, 0.4) is 0 Å². The molecule has 0 aliphatic heterocycles. The molecule has 2 aromatic carbocycles.